The fourth-order valence-electron chi connectivity index (χ4n) is 4.77. The Kier molecular flexibility index (Phi) is 6.41. The summed E-state index contributed by atoms with van der Waals surface area (Å²) in [5, 5.41) is 11.8. The van der Waals surface area contributed by atoms with Crippen LogP contribution in [0.15, 0.2) is 11.6 Å². The second-order valence-corrected chi connectivity index (χ2v) is 8.64. The Morgan fingerprint density at radius 2 is 1.93 bits per heavy atom. The molecule has 2 aliphatic heterocycles. The topological polar surface area (TPSA) is 112 Å². The number of hydrogen-bond donors (Lipinski definition) is 1. The minimum Gasteiger partial charge on any atom is -0.458 e. The molecule has 0 aromatic carbocycles. The van der Waals surface area contributed by atoms with Gasteiger partial charge in [0.1, 0.15) is 6.10 Å². The van der Waals surface area contributed by atoms with Gasteiger partial charge < -0.3 is 24.1 Å². The first kappa shape index (κ1) is 22.9. The third-order valence-electron chi connectivity index (χ3n) is 6.80. The van der Waals surface area contributed by atoms with Crippen molar-refractivity contribution in [3.63, 3.8) is 0 Å². The van der Waals surface area contributed by atoms with Crippen LogP contribution in [0.25, 0.3) is 0 Å². The van der Waals surface area contributed by atoms with E-state index in [1.54, 1.807) is 40.7 Å². The number of carbonyl (C=O) groups is 3. The Bertz CT molecular complexity index is 745. The number of rotatable bonds is 7. The van der Waals surface area contributed by atoms with Crippen LogP contribution < -0.4 is 0 Å². The van der Waals surface area contributed by atoms with Gasteiger partial charge in [0, 0.05) is 30.4 Å². The second-order valence-electron chi connectivity index (χ2n) is 8.64. The van der Waals surface area contributed by atoms with Crippen molar-refractivity contribution < 1.29 is 38.4 Å². The molecule has 0 amide bonds. The molecule has 9 atom stereocenters. The van der Waals surface area contributed by atoms with E-state index < -0.39 is 65.5 Å². The quantitative estimate of drug-likeness (QED) is 0.372. The largest absolute Gasteiger partial charge is 0.458 e. The van der Waals surface area contributed by atoms with Crippen LogP contribution in [0.3, 0.4) is 0 Å². The maximum Gasteiger partial charge on any atom is 0.333 e. The van der Waals surface area contributed by atoms with Gasteiger partial charge in [-0.15, -0.1) is 0 Å². The third kappa shape index (κ3) is 3.69. The Morgan fingerprint density at radius 3 is 2.53 bits per heavy atom. The average Bonchev–Trinajstić information content (AvgIpc) is 3.43. The molecule has 2 heterocycles. The van der Waals surface area contributed by atoms with Crippen molar-refractivity contribution in [2.45, 2.75) is 84.1 Å². The van der Waals surface area contributed by atoms with Crippen LogP contribution in [0.2, 0.25) is 0 Å². The van der Waals surface area contributed by atoms with Crippen LogP contribution in [0, 0.1) is 17.8 Å². The van der Waals surface area contributed by atoms with E-state index in [2.05, 4.69) is 0 Å². The highest BCUT2D eigenvalue weighted by molar-refractivity contribution is 5.91. The zero-order chi connectivity index (χ0) is 22.4. The number of esters is 2. The van der Waals surface area contributed by atoms with Gasteiger partial charge in [-0.25, -0.2) is 4.79 Å². The van der Waals surface area contributed by atoms with E-state index in [4.69, 9.17) is 18.9 Å². The first-order valence-corrected chi connectivity index (χ1v) is 10.6. The SMILES string of the molecule is C/C=C(/C)C(=O)O[C@H]1[C@@H]2OC(=O)[C@H](C)[C@@H]2[C@H]2O[C@H]2[C@H](C)[C@@]1(O)C(=O)C[C@@H](C)OCC. The van der Waals surface area contributed by atoms with Gasteiger partial charge in [0.25, 0.3) is 0 Å². The molecule has 8 nitrogen and oxygen atoms in total. The van der Waals surface area contributed by atoms with Crippen molar-refractivity contribution in [1.82, 2.24) is 0 Å². The number of epoxide rings is 1. The number of allylic oxidation sites excluding steroid dienone is 1. The molecule has 0 bridgehead atoms. The van der Waals surface area contributed by atoms with Crippen molar-refractivity contribution in [3.8, 4) is 0 Å². The summed E-state index contributed by atoms with van der Waals surface area (Å²) < 4.78 is 22.5. The smallest absolute Gasteiger partial charge is 0.333 e. The fraction of sp³-hybridized carbons (Fsp3) is 0.773. The molecule has 1 N–H and O–H groups in total. The number of ether oxygens (including phenoxy) is 4. The Morgan fingerprint density at radius 1 is 1.27 bits per heavy atom. The van der Waals surface area contributed by atoms with Crippen LogP contribution in [-0.4, -0.2) is 65.6 Å². The van der Waals surface area contributed by atoms with Gasteiger partial charge in [0.15, 0.2) is 17.5 Å². The van der Waals surface area contributed by atoms with Crippen LogP contribution >= 0.6 is 0 Å². The molecule has 2 saturated heterocycles. The lowest BCUT2D eigenvalue weighted by Gasteiger charge is -2.40. The molecule has 0 aromatic heterocycles. The van der Waals surface area contributed by atoms with Crippen LogP contribution in [0.1, 0.15) is 48.0 Å². The molecule has 3 aliphatic rings. The first-order chi connectivity index (χ1) is 14.1. The van der Waals surface area contributed by atoms with Crippen LogP contribution in [0.5, 0.6) is 0 Å². The van der Waals surface area contributed by atoms with E-state index in [0.717, 1.165) is 0 Å². The van der Waals surface area contributed by atoms with E-state index in [1.165, 1.54) is 0 Å². The fourth-order valence-corrected chi connectivity index (χ4v) is 4.77. The summed E-state index contributed by atoms with van der Waals surface area (Å²) >= 11 is 0. The van der Waals surface area contributed by atoms with E-state index in [1.807, 2.05) is 6.92 Å². The summed E-state index contributed by atoms with van der Waals surface area (Å²) in [7, 11) is 0. The molecule has 3 fully saturated rings. The van der Waals surface area contributed by atoms with Gasteiger partial charge in [-0.3, -0.25) is 9.59 Å². The molecular weight excluding hydrogens is 392 g/mol. The number of carbonyl (C=O) groups excluding carboxylic acids is 3. The highest BCUT2D eigenvalue weighted by Gasteiger charge is 2.71. The number of hydrogen-bond acceptors (Lipinski definition) is 8. The van der Waals surface area contributed by atoms with E-state index in [-0.39, 0.29) is 12.5 Å². The molecule has 168 valence electrons. The van der Waals surface area contributed by atoms with Crippen LogP contribution in [-0.2, 0) is 33.3 Å². The summed E-state index contributed by atoms with van der Waals surface area (Å²) in [6.07, 6.45) is -1.94. The maximum absolute atomic E-state index is 13.4. The molecule has 8 heteroatoms. The van der Waals surface area contributed by atoms with Gasteiger partial charge in [0.2, 0.25) is 0 Å². The summed E-state index contributed by atoms with van der Waals surface area (Å²) in [6.45, 7) is 10.7. The van der Waals surface area contributed by atoms with Gasteiger partial charge in [0.05, 0.1) is 24.2 Å². The third-order valence-corrected chi connectivity index (χ3v) is 6.80. The van der Waals surface area contributed by atoms with Gasteiger partial charge >= 0.3 is 11.9 Å². The Hall–Kier alpha value is -1.77. The number of aliphatic hydroxyl groups is 1. The lowest BCUT2D eigenvalue weighted by molar-refractivity contribution is -0.199. The molecule has 3 rings (SSSR count). The van der Waals surface area contributed by atoms with Gasteiger partial charge in [-0.2, -0.15) is 0 Å². The summed E-state index contributed by atoms with van der Waals surface area (Å²) in [4.78, 5) is 38.4. The van der Waals surface area contributed by atoms with Gasteiger partial charge in [-0.05, 0) is 27.7 Å². The monoisotopic (exact) mass is 424 g/mol. The predicted octanol–water partition coefficient (Wildman–Crippen LogP) is 1.57. The normalized spacial score (nSPS) is 41.2. The van der Waals surface area contributed by atoms with Crippen molar-refractivity contribution in [2.75, 3.05) is 6.61 Å². The predicted molar refractivity (Wildman–Crippen MR) is 105 cm³/mol. The minimum atomic E-state index is -2.07. The zero-order valence-electron chi connectivity index (χ0n) is 18.4. The summed E-state index contributed by atoms with van der Waals surface area (Å²) in [5.41, 5.74) is -1.74. The second kappa shape index (κ2) is 8.40. The van der Waals surface area contributed by atoms with Crippen molar-refractivity contribution in [2.24, 2.45) is 17.8 Å². The molecule has 0 radical (unpaired) electrons. The molecule has 0 spiro atoms. The maximum atomic E-state index is 13.4. The van der Waals surface area contributed by atoms with E-state index >= 15 is 0 Å². The lowest BCUT2D eigenvalue weighted by atomic mass is 9.76. The molecule has 1 saturated carbocycles. The minimum absolute atomic E-state index is 0.0659. The number of fused-ring (bicyclic) bond motifs is 3. The molecular formula is C22H32O8. The zero-order valence-corrected chi connectivity index (χ0v) is 18.4. The van der Waals surface area contributed by atoms with E-state index in [0.29, 0.717) is 12.2 Å². The van der Waals surface area contributed by atoms with Crippen LogP contribution in [0.4, 0.5) is 0 Å². The Labute approximate surface area is 176 Å². The highest BCUT2D eigenvalue weighted by Crippen LogP contribution is 2.53. The molecule has 30 heavy (non-hydrogen) atoms. The summed E-state index contributed by atoms with van der Waals surface area (Å²) in [5.74, 6) is -3.16. The van der Waals surface area contributed by atoms with E-state index in [9.17, 15) is 19.5 Å². The summed E-state index contributed by atoms with van der Waals surface area (Å²) in [6, 6.07) is 0. The molecule has 0 unspecified atom stereocenters. The Balaban J connectivity index is 2.02. The van der Waals surface area contributed by atoms with Crippen molar-refractivity contribution in [1.29, 1.82) is 0 Å². The van der Waals surface area contributed by atoms with Crippen molar-refractivity contribution >= 4 is 17.7 Å². The lowest BCUT2D eigenvalue weighted by Crippen LogP contribution is -2.61. The number of ketones is 1. The van der Waals surface area contributed by atoms with Crippen molar-refractivity contribution in [3.05, 3.63) is 11.6 Å². The highest BCUT2D eigenvalue weighted by atomic mass is 16.6. The van der Waals surface area contributed by atoms with Gasteiger partial charge in [-0.1, -0.05) is 19.9 Å². The first-order valence-electron chi connectivity index (χ1n) is 10.6. The number of Topliss-reactive ketones (excluding diaryl/α,β-unsaturated/α-hetero) is 1. The standard InChI is InChI=1S/C22H32O8/c1-7-10(3)20(24)30-19-18-15(12(5)21(25)29-18)17-16(28-17)13(6)22(19,26)14(23)9-11(4)27-8-2/h7,11-13,15-19,26H,8-9H2,1-6H3/b10-7-/t11-,12-,13+,15-,16+,17-,18-,19+,22-/m1/s1. The molecule has 0 aromatic rings. The molecule has 1 aliphatic carbocycles. The average molecular weight is 424 g/mol.